The molecule has 1 fully saturated rings. The molecule has 1 N–H and O–H groups in total. The molecule has 4 rings (SSSR count). The maximum atomic E-state index is 9.66. The molecule has 1 aliphatic rings. The molecule has 1 atom stereocenters. The largest absolute Gasteiger partial charge is 0.411 e. The van der Waals surface area contributed by atoms with E-state index in [1.54, 1.807) is 0 Å². The van der Waals surface area contributed by atoms with Crippen molar-refractivity contribution in [2.24, 2.45) is 5.16 Å². The predicted octanol–water partition coefficient (Wildman–Crippen LogP) is 5.43. The van der Waals surface area contributed by atoms with Crippen molar-refractivity contribution in [3.63, 3.8) is 0 Å². The van der Waals surface area contributed by atoms with E-state index in [2.05, 4.69) is 34.0 Å². The molecule has 3 aromatic rings. The minimum atomic E-state index is 0.0629. The van der Waals surface area contributed by atoms with Gasteiger partial charge in [-0.3, -0.25) is 0 Å². The minimum absolute atomic E-state index is 0.0629. The monoisotopic (exact) mass is 333 g/mol. The summed E-state index contributed by atoms with van der Waals surface area (Å²) in [4.78, 5) is 4.91. The highest BCUT2D eigenvalue weighted by atomic mass is 16.4. The van der Waals surface area contributed by atoms with Gasteiger partial charge in [0.05, 0.1) is 22.8 Å². The third-order valence-corrected chi connectivity index (χ3v) is 5.11. The van der Waals surface area contributed by atoms with Gasteiger partial charge in [0.2, 0.25) is 0 Å². The first-order chi connectivity index (χ1) is 12.4. The van der Waals surface area contributed by atoms with Gasteiger partial charge in [-0.15, -0.1) is 0 Å². The number of rotatable bonds is 2. The van der Waals surface area contributed by atoms with Crippen LogP contribution in [0.1, 0.15) is 44.6 Å². The van der Waals surface area contributed by atoms with E-state index >= 15 is 0 Å². The average Bonchev–Trinajstić information content (AvgIpc) is 3.02. The van der Waals surface area contributed by atoms with E-state index in [-0.39, 0.29) is 6.04 Å². The number of nitrogens with zero attached hydrogens (tertiary/aromatic N) is 3. The molecule has 4 heteroatoms. The van der Waals surface area contributed by atoms with Crippen LogP contribution >= 0.6 is 0 Å². The molecule has 1 unspecified atom stereocenters. The number of imidazole rings is 1. The summed E-state index contributed by atoms with van der Waals surface area (Å²) in [6.07, 6.45) is 6.51. The lowest BCUT2D eigenvalue weighted by Gasteiger charge is -2.25. The Balaban J connectivity index is 1.92. The van der Waals surface area contributed by atoms with E-state index in [9.17, 15) is 5.21 Å². The lowest BCUT2D eigenvalue weighted by Crippen LogP contribution is -2.22. The van der Waals surface area contributed by atoms with Gasteiger partial charge in [-0.05, 0) is 31.4 Å². The smallest absolute Gasteiger partial charge is 0.141 e. The number of para-hydroxylation sites is 2. The number of oxime groups is 1. The van der Waals surface area contributed by atoms with Gasteiger partial charge in [-0.2, -0.15) is 0 Å². The average molecular weight is 333 g/mol. The molecular weight excluding hydrogens is 310 g/mol. The molecule has 1 saturated carbocycles. The molecular formula is C21H23N3O. The zero-order valence-corrected chi connectivity index (χ0v) is 14.3. The Hall–Kier alpha value is -2.62. The van der Waals surface area contributed by atoms with Crippen LogP contribution in [0.3, 0.4) is 0 Å². The summed E-state index contributed by atoms with van der Waals surface area (Å²) < 4.78 is 2.28. The second-order valence-corrected chi connectivity index (χ2v) is 6.72. The SMILES string of the molecule is ON=C1CCCCCCC1n1c(-c2ccccc2)nc2ccccc21. The van der Waals surface area contributed by atoms with Gasteiger partial charge in [-0.25, -0.2) is 4.98 Å². The summed E-state index contributed by atoms with van der Waals surface area (Å²) >= 11 is 0. The molecule has 0 radical (unpaired) electrons. The molecule has 0 bridgehead atoms. The van der Waals surface area contributed by atoms with Crippen LogP contribution in [-0.2, 0) is 0 Å². The predicted molar refractivity (Wildman–Crippen MR) is 101 cm³/mol. The van der Waals surface area contributed by atoms with Crippen molar-refractivity contribution in [3.8, 4) is 11.4 Å². The quantitative estimate of drug-likeness (QED) is 0.502. The van der Waals surface area contributed by atoms with E-state index in [0.29, 0.717) is 0 Å². The summed E-state index contributed by atoms with van der Waals surface area (Å²) in [5, 5.41) is 13.4. The van der Waals surface area contributed by atoms with Gasteiger partial charge in [0.1, 0.15) is 5.82 Å². The second kappa shape index (κ2) is 7.09. The van der Waals surface area contributed by atoms with E-state index < -0.39 is 0 Å². The molecule has 128 valence electrons. The number of benzene rings is 2. The molecule has 25 heavy (non-hydrogen) atoms. The Bertz CT molecular complexity index is 883. The normalized spacial score (nSPS) is 20.5. The molecule has 1 aromatic heterocycles. The van der Waals surface area contributed by atoms with Crippen LogP contribution in [-0.4, -0.2) is 20.5 Å². The van der Waals surface area contributed by atoms with Crippen LogP contribution in [0.4, 0.5) is 0 Å². The Morgan fingerprint density at radius 1 is 0.920 bits per heavy atom. The lowest BCUT2D eigenvalue weighted by atomic mass is 9.94. The van der Waals surface area contributed by atoms with Crippen LogP contribution < -0.4 is 0 Å². The van der Waals surface area contributed by atoms with Gasteiger partial charge in [0, 0.05) is 5.56 Å². The molecule has 0 aliphatic heterocycles. The van der Waals surface area contributed by atoms with Gasteiger partial charge in [0.15, 0.2) is 0 Å². The molecule has 0 saturated heterocycles. The van der Waals surface area contributed by atoms with E-state index in [1.165, 1.54) is 12.8 Å². The van der Waals surface area contributed by atoms with E-state index in [1.807, 2.05) is 30.3 Å². The van der Waals surface area contributed by atoms with Crippen LogP contribution in [0.2, 0.25) is 0 Å². The van der Waals surface area contributed by atoms with Crippen molar-refractivity contribution in [1.29, 1.82) is 0 Å². The third kappa shape index (κ3) is 3.04. The highest BCUT2D eigenvalue weighted by Crippen LogP contribution is 2.33. The number of hydrogen-bond donors (Lipinski definition) is 1. The van der Waals surface area contributed by atoms with Crippen LogP contribution in [0, 0.1) is 0 Å². The van der Waals surface area contributed by atoms with Gasteiger partial charge in [0.25, 0.3) is 0 Å². The maximum Gasteiger partial charge on any atom is 0.141 e. The summed E-state index contributed by atoms with van der Waals surface area (Å²) in [5.41, 5.74) is 4.06. The fourth-order valence-corrected chi connectivity index (χ4v) is 3.88. The topological polar surface area (TPSA) is 50.4 Å². The Morgan fingerprint density at radius 2 is 1.68 bits per heavy atom. The highest BCUT2D eigenvalue weighted by Gasteiger charge is 2.25. The van der Waals surface area contributed by atoms with Crippen molar-refractivity contribution >= 4 is 16.7 Å². The zero-order valence-electron chi connectivity index (χ0n) is 14.3. The fraction of sp³-hybridized carbons (Fsp3) is 0.333. The van der Waals surface area contributed by atoms with Gasteiger partial charge >= 0.3 is 0 Å². The molecule has 2 aromatic carbocycles. The first-order valence-corrected chi connectivity index (χ1v) is 9.11. The van der Waals surface area contributed by atoms with Crippen LogP contribution in [0.15, 0.2) is 59.8 Å². The zero-order chi connectivity index (χ0) is 17.1. The fourth-order valence-electron chi connectivity index (χ4n) is 3.88. The standard InChI is InChI=1S/C21H23N3O/c25-23-18-13-6-1-2-7-14-20(18)24-19-15-9-8-12-17(19)22-21(24)16-10-4-3-5-11-16/h3-5,8-12,15,20,25H,1-2,6-7,13-14H2. The van der Waals surface area contributed by atoms with E-state index in [0.717, 1.165) is 53.8 Å². The molecule has 1 heterocycles. The first kappa shape index (κ1) is 15.9. The summed E-state index contributed by atoms with van der Waals surface area (Å²) in [5.74, 6) is 0.952. The van der Waals surface area contributed by atoms with Gasteiger partial charge < -0.3 is 9.77 Å². The van der Waals surface area contributed by atoms with Crippen molar-refractivity contribution in [2.75, 3.05) is 0 Å². The summed E-state index contributed by atoms with van der Waals surface area (Å²) in [6.45, 7) is 0. The van der Waals surface area contributed by atoms with Gasteiger partial charge in [-0.1, -0.05) is 66.9 Å². The molecule has 1 aliphatic carbocycles. The first-order valence-electron chi connectivity index (χ1n) is 9.11. The van der Waals surface area contributed by atoms with Crippen LogP contribution in [0.5, 0.6) is 0 Å². The Labute approximate surface area is 147 Å². The van der Waals surface area contributed by atoms with Crippen molar-refractivity contribution in [3.05, 3.63) is 54.6 Å². The van der Waals surface area contributed by atoms with E-state index in [4.69, 9.17) is 4.98 Å². The summed E-state index contributed by atoms with van der Waals surface area (Å²) in [7, 11) is 0. The molecule has 0 amide bonds. The van der Waals surface area contributed by atoms with Crippen molar-refractivity contribution in [1.82, 2.24) is 9.55 Å². The lowest BCUT2D eigenvalue weighted by molar-refractivity contribution is 0.310. The summed E-state index contributed by atoms with van der Waals surface area (Å²) in [6, 6.07) is 18.6. The minimum Gasteiger partial charge on any atom is -0.411 e. The maximum absolute atomic E-state index is 9.66. The molecule has 4 nitrogen and oxygen atoms in total. The number of aromatic nitrogens is 2. The third-order valence-electron chi connectivity index (χ3n) is 5.11. The van der Waals surface area contributed by atoms with Crippen molar-refractivity contribution < 1.29 is 5.21 Å². The van der Waals surface area contributed by atoms with Crippen molar-refractivity contribution in [2.45, 2.75) is 44.6 Å². The van der Waals surface area contributed by atoms with Crippen LogP contribution in [0.25, 0.3) is 22.4 Å². The second-order valence-electron chi connectivity index (χ2n) is 6.72. The Kier molecular flexibility index (Phi) is 4.51. The number of fused-ring (bicyclic) bond motifs is 1. The number of hydrogen-bond acceptors (Lipinski definition) is 3. The Morgan fingerprint density at radius 3 is 2.52 bits per heavy atom. The highest BCUT2D eigenvalue weighted by molar-refractivity contribution is 5.91. The molecule has 0 spiro atoms.